The lowest BCUT2D eigenvalue weighted by molar-refractivity contribution is -0.143. The summed E-state index contributed by atoms with van der Waals surface area (Å²) in [6.45, 7) is 5.53. The number of hydrogen-bond acceptors (Lipinski definition) is 4. The lowest BCUT2D eigenvalue weighted by Crippen LogP contribution is -2.44. The lowest BCUT2D eigenvalue weighted by atomic mass is 9.98. The van der Waals surface area contributed by atoms with Crippen LogP contribution in [0.5, 0.6) is 0 Å². The summed E-state index contributed by atoms with van der Waals surface area (Å²) in [6, 6.07) is 5.27. The Morgan fingerprint density at radius 2 is 2.09 bits per heavy atom. The number of nitrogens with zero attached hydrogens (tertiary/aromatic N) is 2. The van der Waals surface area contributed by atoms with Gasteiger partial charge in [-0.3, -0.25) is 9.69 Å². The number of aliphatic carboxylic acids is 1. The molecule has 2 N–H and O–H groups in total. The highest BCUT2D eigenvalue weighted by Gasteiger charge is 2.25. The smallest absolute Gasteiger partial charge is 0.307 e. The minimum atomic E-state index is -0.713. The van der Waals surface area contributed by atoms with Gasteiger partial charge in [0, 0.05) is 39.3 Å². The van der Waals surface area contributed by atoms with E-state index in [0.717, 1.165) is 51.1 Å². The first-order valence-corrected chi connectivity index (χ1v) is 8.33. The predicted molar refractivity (Wildman–Crippen MR) is 87.1 cm³/mol. The van der Waals surface area contributed by atoms with E-state index in [9.17, 15) is 14.3 Å². The van der Waals surface area contributed by atoms with Crippen LogP contribution in [0.4, 0.5) is 10.1 Å². The van der Waals surface area contributed by atoms with Crippen LogP contribution < -0.4 is 10.2 Å². The Bertz CT molecular complexity index is 561. The van der Waals surface area contributed by atoms with E-state index in [2.05, 4.69) is 15.1 Å². The first-order valence-electron chi connectivity index (χ1n) is 8.33. The molecule has 2 saturated heterocycles. The van der Waals surface area contributed by atoms with E-state index in [1.54, 1.807) is 0 Å². The summed E-state index contributed by atoms with van der Waals surface area (Å²) in [5.41, 5.74) is 1.71. The number of piperazine rings is 1. The van der Waals surface area contributed by atoms with Crippen LogP contribution in [0.2, 0.25) is 0 Å². The molecule has 1 aromatic carbocycles. The Morgan fingerprint density at radius 1 is 1.30 bits per heavy atom. The molecule has 0 aromatic heterocycles. The average Bonchev–Trinajstić information content (AvgIpc) is 2.57. The van der Waals surface area contributed by atoms with Crippen molar-refractivity contribution in [3.8, 4) is 0 Å². The van der Waals surface area contributed by atoms with Crippen LogP contribution in [0.15, 0.2) is 18.2 Å². The number of carboxylic acids is 1. The normalized spacial score (nSPS) is 23.0. The highest BCUT2D eigenvalue weighted by molar-refractivity contribution is 5.70. The highest BCUT2D eigenvalue weighted by atomic mass is 19.1. The van der Waals surface area contributed by atoms with Gasteiger partial charge in [0.25, 0.3) is 0 Å². The number of likely N-dealkylation sites (tertiary alicyclic amines) is 1. The van der Waals surface area contributed by atoms with Gasteiger partial charge in [0.2, 0.25) is 0 Å². The molecule has 0 amide bonds. The fourth-order valence-corrected chi connectivity index (χ4v) is 3.46. The maximum absolute atomic E-state index is 14.1. The molecule has 2 aliphatic heterocycles. The number of piperidine rings is 1. The van der Waals surface area contributed by atoms with E-state index in [1.807, 2.05) is 12.1 Å². The van der Waals surface area contributed by atoms with Crippen molar-refractivity contribution < 1.29 is 14.3 Å². The average molecular weight is 321 g/mol. The van der Waals surface area contributed by atoms with E-state index in [-0.39, 0.29) is 11.7 Å². The molecular weight excluding hydrogens is 297 g/mol. The molecule has 2 heterocycles. The molecule has 0 spiro atoms. The number of nitrogens with one attached hydrogen (secondary N) is 1. The van der Waals surface area contributed by atoms with Crippen molar-refractivity contribution in [2.45, 2.75) is 19.4 Å². The van der Waals surface area contributed by atoms with Gasteiger partial charge in [0.1, 0.15) is 5.82 Å². The van der Waals surface area contributed by atoms with Gasteiger partial charge in [-0.25, -0.2) is 4.39 Å². The van der Waals surface area contributed by atoms with E-state index >= 15 is 0 Å². The first kappa shape index (κ1) is 16.2. The zero-order valence-electron chi connectivity index (χ0n) is 13.3. The third-order valence-corrected chi connectivity index (χ3v) is 4.73. The summed E-state index contributed by atoms with van der Waals surface area (Å²) in [7, 11) is 0. The molecule has 0 saturated carbocycles. The monoisotopic (exact) mass is 321 g/mol. The van der Waals surface area contributed by atoms with E-state index in [0.29, 0.717) is 18.8 Å². The molecular formula is C17H24FN3O2. The van der Waals surface area contributed by atoms with Crippen LogP contribution in [-0.2, 0) is 11.3 Å². The van der Waals surface area contributed by atoms with Gasteiger partial charge in [-0.2, -0.15) is 0 Å². The fourth-order valence-electron chi connectivity index (χ4n) is 3.46. The third kappa shape index (κ3) is 4.00. The van der Waals surface area contributed by atoms with Crippen molar-refractivity contribution in [3.63, 3.8) is 0 Å². The minimum Gasteiger partial charge on any atom is -0.481 e. The summed E-state index contributed by atoms with van der Waals surface area (Å²) in [5.74, 6) is -1.18. The van der Waals surface area contributed by atoms with Gasteiger partial charge in [0.15, 0.2) is 0 Å². The molecule has 1 atom stereocenters. The van der Waals surface area contributed by atoms with Crippen molar-refractivity contribution in [1.82, 2.24) is 10.2 Å². The summed E-state index contributed by atoms with van der Waals surface area (Å²) < 4.78 is 14.1. The second-order valence-electron chi connectivity index (χ2n) is 6.44. The van der Waals surface area contributed by atoms with Gasteiger partial charge in [-0.15, -0.1) is 0 Å². The first-order chi connectivity index (χ1) is 11.1. The Kier molecular flexibility index (Phi) is 5.13. The van der Waals surface area contributed by atoms with Crippen LogP contribution >= 0.6 is 0 Å². The second-order valence-corrected chi connectivity index (χ2v) is 6.44. The molecule has 6 heteroatoms. The van der Waals surface area contributed by atoms with E-state index in [4.69, 9.17) is 0 Å². The fraction of sp³-hybridized carbons (Fsp3) is 0.588. The third-order valence-electron chi connectivity index (χ3n) is 4.73. The molecule has 0 aliphatic carbocycles. The van der Waals surface area contributed by atoms with Gasteiger partial charge in [0.05, 0.1) is 11.6 Å². The Balaban J connectivity index is 1.69. The number of halogens is 1. The zero-order chi connectivity index (χ0) is 16.2. The van der Waals surface area contributed by atoms with Gasteiger partial charge in [-0.05, 0) is 37.1 Å². The van der Waals surface area contributed by atoms with Crippen LogP contribution in [0.1, 0.15) is 18.4 Å². The van der Waals surface area contributed by atoms with Crippen LogP contribution in [-0.4, -0.2) is 55.2 Å². The SMILES string of the molecule is O=C(O)C1CCCN(Cc2ccc(F)c(N3CCNCC3)c2)C1. The number of hydrogen-bond donors (Lipinski definition) is 2. The van der Waals surface area contributed by atoms with Crippen LogP contribution in [0, 0.1) is 11.7 Å². The number of carbonyl (C=O) groups is 1. The van der Waals surface area contributed by atoms with Crippen LogP contribution in [0.25, 0.3) is 0 Å². The van der Waals surface area contributed by atoms with Gasteiger partial charge < -0.3 is 15.3 Å². The maximum atomic E-state index is 14.1. The molecule has 0 radical (unpaired) electrons. The summed E-state index contributed by atoms with van der Waals surface area (Å²) in [5, 5.41) is 12.5. The van der Waals surface area contributed by atoms with Crippen molar-refractivity contribution in [1.29, 1.82) is 0 Å². The number of benzene rings is 1. The number of rotatable bonds is 4. The van der Waals surface area contributed by atoms with Gasteiger partial charge >= 0.3 is 5.97 Å². The molecule has 0 bridgehead atoms. The van der Waals surface area contributed by atoms with Crippen molar-refractivity contribution >= 4 is 11.7 Å². The quantitative estimate of drug-likeness (QED) is 0.881. The highest BCUT2D eigenvalue weighted by Crippen LogP contribution is 2.24. The van der Waals surface area contributed by atoms with Crippen molar-refractivity contribution in [2.24, 2.45) is 5.92 Å². The van der Waals surface area contributed by atoms with Crippen molar-refractivity contribution in [3.05, 3.63) is 29.6 Å². The molecule has 2 fully saturated rings. The minimum absolute atomic E-state index is 0.183. The Morgan fingerprint density at radius 3 is 2.83 bits per heavy atom. The summed E-state index contributed by atoms with van der Waals surface area (Å²) in [6.07, 6.45) is 1.66. The second kappa shape index (κ2) is 7.27. The molecule has 3 rings (SSSR count). The summed E-state index contributed by atoms with van der Waals surface area (Å²) in [4.78, 5) is 15.4. The molecule has 1 unspecified atom stereocenters. The molecule has 1 aromatic rings. The molecule has 126 valence electrons. The molecule has 23 heavy (non-hydrogen) atoms. The maximum Gasteiger partial charge on any atom is 0.307 e. The predicted octanol–water partition coefficient (Wildman–Crippen LogP) is 1.53. The molecule has 2 aliphatic rings. The molecule has 5 nitrogen and oxygen atoms in total. The summed E-state index contributed by atoms with van der Waals surface area (Å²) >= 11 is 0. The topological polar surface area (TPSA) is 55.8 Å². The lowest BCUT2D eigenvalue weighted by Gasteiger charge is -2.32. The largest absolute Gasteiger partial charge is 0.481 e. The van der Waals surface area contributed by atoms with Crippen molar-refractivity contribution in [2.75, 3.05) is 44.2 Å². The zero-order valence-corrected chi connectivity index (χ0v) is 13.3. The Labute approximate surface area is 136 Å². The van der Waals surface area contributed by atoms with Crippen LogP contribution in [0.3, 0.4) is 0 Å². The number of anilines is 1. The Hall–Kier alpha value is -1.66. The van der Waals surface area contributed by atoms with E-state index < -0.39 is 5.97 Å². The number of carboxylic acid groups (broad SMARTS) is 1. The standard InChI is InChI=1S/C17H24FN3O2/c18-15-4-3-13(10-16(15)21-8-5-19-6-9-21)11-20-7-1-2-14(12-20)17(22)23/h3-4,10,14,19H,1-2,5-9,11-12H2,(H,22,23). The van der Waals surface area contributed by atoms with E-state index in [1.165, 1.54) is 6.07 Å². The van der Waals surface area contributed by atoms with Gasteiger partial charge in [-0.1, -0.05) is 6.07 Å².